The molecule has 0 saturated carbocycles. The highest BCUT2D eigenvalue weighted by Gasteiger charge is 2.59. The van der Waals surface area contributed by atoms with Gasteiger partial charge in [-0.1, -0.05) is 4.98 Å². The van der Waals surface area contributed by atoms with Crippen LogP contribution in [0.15, 0.2) is 12.7 Å². The summed E-state index contributed by atoms with van der Waals surface area (Å²) in [7, 11) is 0. The van der Waals surface area contributed by atoms with Crippen LogP contribution < -0.4 is 34.3 Å². The van der Waals surface area contributed by atoms with E-state index in [9.17, 15) is 0 Å². The maximum absolute atomic E-state index is 6.14. The van der Waals surface area contributed by atoms with Gasteiger partial charge in [0.05, 0.1) is 0 Å². The molecule has 5 heterocycles. The molecule has 4 atom stereocenters. The molecule has 2 aromatic rings. The van der Waals surface area contributed by atoms with Crippen LogP contribution in [0.25, 0.3) is 11.2 Å². The number of hydrogen-bond acceptors (Lipinski definition) is 6. The normalized spacial score (nSPS) is 34.3. The first-order valence-electron chi connectivity index (χ1n) is 7.05. The second-order valence-electron chi connectivity index (χ2n) is 6.24. The van der Waals surface area contributed by atoms with Gasteiger partial charge in [0.1, 0.15) is 24.9 Å². The first-order valence-corrected chi connectivity index (χ1v) is 7.05. The van der Waals surface area contributed by atoms with Crippen molar-refractivity contribution in [2.24, 2.45) is 0 Å². The van der Waals surface area contributed by atoms with Crippen molar-refractivity contribution in [3.05, 3.63) is 12.7 Å². The van der Waals surface area contributed by atoms with E-state index in [2.05, 4.69) is 9.97 Å². The molecule has 0 spiro atoms. The lowest BCUT2D eigenvalue weighted by molar-refractivity contribution is -0.682. The summed E-state index contributed by atoms with van der Waals surface area (Å²) in [6.07, 6.45) is 2.94. The van der Waals surface area contributed by atoms with Crippen LogP contribution >= 0.6 is 0 Å². The SMILES string of the molecule is CC1(C)O[C@@H]2[C@H](O1)[C@H]1C[n+]3cnc(N)c4ncn(c43)[C@@H]2O1.[I-]. The Balaban J connectivity index is 0.00000125. The average molecular weight is 417 g/mol. The van der Waals surface area contributed by atoms with Crippen molar-refractivity contribution in [2.75, 3.05) is 5.73 Å². The van der Waals surface area contributed by atoms with Gasteiger partial charge in [-0.25, -0.2) is 14.1 Å². The molecule has 22 heavy (non-hydrogen) atoms. The van der Waals surface area contributed by atoms with Crippen molar-refractivity contribution in [2.45, 2.75) is 50.7 Å². The highest BCUT2D eigenvalue weighted by molar-refractivity contribution is 5.79. The van der Waals surface area contributed by atoms with Gasteiger partial charge in [0, 0.05) is 0 Å². The Morgan fingerprint density at radius 2 is 2.09 bits per heavy atom. The maximum atomic E-state index is 6.14. The van der Waals surface area contributed by atoms with Crippen LogP contribution in [0.5, 0.6) is 0 Å². The van der Waals surface area contributed by atoms with Gasteiger partial charge < -0.3 is 43.9 Å². The Morgan fingerprint density at radius 1 is 1.32 bits per heavy atom. The Morgan fingerprint density at radius 3 is 2.91 bits per heavy atom. The molecule has 3 aliphatic rings. The number of halogens is 1. The first kappa shape index (κ1) is 14.5. The standard InChI is InChI=1S/C13H15N5O3.HI/c1-13(2)20-8-6-3-17-4-16-10(14)7-11(17)18(5-15-7)12(19-6)9(8)21-13;/h4-6,8-9,12,14H,3H2,1-2H3;1H/t6-,8-,9-,12-;/m1./s1. The average Bonchev–Trinajstić information content (AvgIpc) is 3.02. The third-order valence-electron chi connectivity index (χ3n) is 4.39. The molecule has 2 bridgehead atoms. The molecule has 0 aliphatic carbocycles. The number of hydrogen-bond donors (Lipinski definition) is 1. The molecular formula is C13H16IN5O3. The van der Waals surface area contributed by atoms with Gasteiger partial charge in [0.2, 0.25) is 18.4 Å². The minimum Gasteiger partial charge on any atom is -1.00 e. The van der Waals surface area contributed by atoms with Crippen molar-refractivity contribution in [1.82, 2.24) is 14.5 Å². The third-order valence-corrected chi connectivity index (χ3v) is 4.39. The zero-order valence-corrected chi connectivity index (χ0v) is 14.3. The predicted octanol–water partition coefficient (Wildman–Crippen LogP) is -3.26. The van der Waals surface area contributed by atoms with Crippen molar-refractivity contribution in [1.29, 1.82) is 0 Å². The van der Waals surface area contributed by atoms with E-state index in [1.807, 2.05) is 23.0 Å². The molecule has 8 nitrogen and oxygen atoms in total. The summed E-state index contributed by atoms with van der Waals surface area (Å²) >= 11 is 0. The number of ether oxygens (including phenoxy) is 3. The van der Waals surface area contributed by atoms with Gasteiger partial charge in [-0.15, -0.1) is 0 Å². The number of nitrogens with zero attached hydrogens (tertiary/aromatic N) is 4. The van der Waals surface area contributed by atoms with Gasteiger partial charge >= 0.3 is 0 Å². The summed E-state index contributed by atoms with van der Waals surface area (Å²) in [6.45, 7) is 4.51. The van der Waals surface area contributed by atoms with Gasteiger partial charge in [0.25, 0.3) is 5.65 Å². The quantitative estimate of drug-likeness (QED) is 0.358. The Hall–Kier alpha value is -1.04. The number of nitrogen functional groups attached to an aromatic ring is 1. The van der Waals surface area contributed by atoms with E-state index in [0.29, 0.717) is 17.9 Å². The van der Waals surface area contributed by atoms with Crippen LogP contribution in [0.2, 0.25) is 0 Å². The highest BCUT2D eigenvalue weighted by atomic mass is 127. The van der Waals surface area contributed by atoms with Crippen molar-refractivity contribution >= 4 is 17.0 Å². The van der Waals surface area contributed by atoms with Gasteiger partial charge in [0.15, 0.2) is 17.6 Å². The fraction of sp³-hybridized carbons (Fsp3) is 0.615. The first-order chi connectivity index (χ1) is 10.0. The minimum atomic E-state index is -0.590. The molecule has 2 fully saturated rings. The van der Waals surface area contributed by atoms with Crippen molar-refractivity contribution in [3.8, 4) is 0 Å². The molecule has 5 rings (SSSR count). The maximum Gasteiger partial charge on any atom is 0.263 e. The number of fused-ring (bicyclic) bond motifs is 6. The monoisotopic (exact) mass is 417 g/mol. The van der Waals surface area contributed by atoms with Crippen molar-refractivity contribution in [3.63, 3.8) is 0 Å². The van der Waals surface area contributed by atoms with E-state index < -0.39 is 5.79 Å². The number of imidazole rings is 1. The molecule has 2 saturated heterocycles. The molecule has 2 aromatic heterocycles. The van der Waals surface area contributed by atoms with E-state index in [-0.39, 0.29) is 48.5 Å². The largest absolute Gasteiger partial charge is 1.00 e. The molecule has 118 valence electrons. The molecular weight excluding hydrogens is 401 g/mol. The van der Waals surface area contributed by atoms with Crippen LogP contribution in [-0.4, -0.2) is 38.6 Å². The molecule has 0 aromatic carbocycles. The van der Waals surface area contributed by atoms with E-state index in [0.717, 1.165) is 5.65 Å². The lowest BCUT2D eigenvalue weighted by Gasteiger charge is -2.21. The van der Waals surface area contributed by atoms with Gasteiger partial charge in [-0.3, -0.25) is 0 Å². The molecule has 0 amide bonds. The van der Waals surface area contributed by atoms with Crippen LogP contribution in [0.1, 0.15) is 20.1 Å². The lowest BCUT2D eigenvalue weighted by atomic mass is 10.1. The topological polar surface area (TPSA) is 88.3 Å². The molecule has 0 radical (unpaired) electrons. The molecule has 0 unspecified atom stereocenters. The van der Waals surface area contributed by atoms with Crippen LogP contribution in [0.4, 0.5) is 5.82 Å². The minimum absolute atomic E-state index is 0. The van der Waals surface area contributed by atoms with Gasteiger partial charge in [-0.2, -0.15) is 0 Å². The molecule has 3 aliphatic heterocycles. The van der Waals surface area contributed by atoms with E-state index >= 15 is 0 Å². The van der Waals surface area contributed by atoms with E-state index in [1.54, 1.807) is 12.7 Å². The summed E-state index contributed by atoms with van der Waals surface area (Å²) in [5.74, 6) is -0.161. The Kier molecular flexibility index (Phi) is 2.97. The zero-order valence-electron chi connectivity index (χ0n) is 12.1. The molecule has 2 N–H and O–H groups in total. The van der Waals surface area contributed by atoms with Crippen LogP contribution in [0.3, 0.4) is 0 Å². The highest BCUT2D eigenvalue weighted by Crippen LogP contribution is 2.44. The van der Waals surface area contributed by atoms with Gasteiger partial charge in [-0.05, 0) is 13.8 Å². The fourth-order valence-electron chi connectivity index (χ4n) is 3.61. The van der Waals surface area contributed by atoms with Crippen LogP contribution in [-0.2, 0) is 20.8 Å². The number of nitrogens with two attached hydrogens (primary N) is 1. The van der Waals surface area contributed by atoms with Crippen molar-refractivity contribution < 1.29 is 42.8 Å². The lowest BCUT2D eigenvalue weighted by Crippen LogP contribution is -3.00. The predicted molar refractivity (Wildman–Crippen MR) is 69.9 cm³/mol. The summed E-state index contributed by atoms with van der Waals surface area (Å²) in [5, 5.41) is 0. The number of anilines is 1. The second kappa shape index (κ2) is 4.49. The van der Waals surface area contributed by atoms with E-state index in [1.165, 1.54) is 0 Å². The van der Waals surface area contributed by atoms with Crippen LogP contribution in [0, 0.1) is 0 Å². The van der Waals surface area contributed by atoms with E-state index in [4.69, 9.17) is 19.9 Å². The summed E-state index contributed by atoms with van der Waals surface area (Å²) in [6, 6.07) is 0. The zero-order chi connectivity index (χ0) is 14.4. The number of rotatable bonds is 0. The number of aromatic nitrogens is 4. The summed E-state index contributed by atoms with van der Waals surface area (Å²) < 4.78 is 22.2. The Bertz CT molecular complexity index is 763. The third kappa shape index (κ3) is 1.76. The Labute approximate surface area is 143 Å². The second-order valence-corrected chi connectivity index (χ2v) is 6.24. The summed E-state index contributed by atoms with van der Waals surface area (Å²) in [5.41, 5.74) is 7.54. The summed E-state index contributed by atoms with van der Waals surface area (Å²) in [4.78, 5) is 8.58. The molecule has 9 heteroatoms. The smallest absolute Gasteiger partial charge is 0.263 e. The fourth-order valence-corrected chi connectivity index (χ4v) is 3.61.